The Labute approximate surface area is 538 Å². The summed E-state index contributed by atoms with van der Waals surface area (Å²) in [7, 11) is -23.6. The van der Waals surface area contributed by atoms with Crippen molar-refractivity contribution in [2.75, 3.05) is 65.4 Å². The summed E-state index contributed by atoms with van der Waals surface area (Å²) in [6.07, 6.45) is 9.09. The lowest BCUT2D eigenvalue weighted by Crippen LogP contribution is -2.38. The summed E-state index contributed by atoms with van der Waals surface area (Å²) in [6.45, 7) is 11.8. The molecule has 2 N–H and O–H groups in total. The molecule has 0 unspecified atom stereocenters. The second-order valence-electron chi connectivity index (χ2n) is 23.2. The summed E-state index contributed by atoms with van der Waals surface area (Å²) in [4.78, 5) is 0.705. The van der Waals surface area contributed by atoms with Crippen molar-refractivity contribution in [3.8, 4) is 0 Å². The number of hydrogen-bond acceptors (Lipinski definition) is 12. The normalized spacial score (nSPS) is 12.9. The smallest absolute Gasteiger partial charge is 0.211 e. The summed E-state index contributed by atoms with van der Waals surface area (Å²) in [5, 5.41) is 0. The summed E-state index contributed by atoms with van der Waals surface area (Å²) in [5.74, 6) is 0. The third-order valence-corrected chi connectivity index (χ3v) is 26.4. The van der Waals surface area contributed by atoms with Gasteiger partial charge in [-0.2, -0.15) is 17.2 Å². The van der Waals surface area contributed by atoms with E-state index in [1.54, 1.807) is 97.1 Å². The van der Waals surface area contributed by atoms with Crippen LogP contribution in [0.3, 0.4) is 0 Å². The van der Waals surface area contributed by atoms with E-state index < -0.39 is 60.1 Å². The first-order valence-electron chi connectivity index (χ1n) is 31.0. The number of sulfonamides is 6. The van der Waals surface area contributed by atoms with Crippen LogP contribution in [0.2, 0.25) is 0 Å². The Morgan fingerprint density at radius 2 is 0.389 bits per heavy atom. The molecule has 6 aromatic carbocycles. The largest absolute Gasteiger partial charge is 0.243 e. The summed E-state index contributed by atoms with van der Waals surface area (Å²) >= 11 is 0. The highest BCUT2D eigenvalue weighted by Gasteiger charge is 2.30. The lowest BCUT2D eigenvalue weighted by molar-refractivity contribution is 0.349. The van der Waals surface area contributed by atoms with Gasteiger partial charge in [-0.1, -0.05) is 158 Å². The van der Waals surface area contributed by atoms with Gasteiger partial charge in [0.05, 0.1) is 29.4 Å². The SMILES string of the molecule is Cc1ccc(S(=O)(=O)NCCCN(CCCN(CCCCCCCCCCCCN(CCCN(CCCNS(=O)(=O)c2ccc(C)cc2)S(=O)(=O)c2ccc(C)cc2)S(=O)(=O)c2ccc(C)cc2)S(=O)(=O)c2ccc(C)cc2)S(=O)(=O)c2ccc(C)cc2)cc1. The van der Waals surface area contributed by atoms with Crippen LogP contribution >= 0.6 is 0 Å². The average molecular weight is 1350 g/mol. The van der Waals surface area contributed by atoms with Crippen LogP contribution in [-0.2, 0) is 60.1 Å². The van der Waals surface area contributed by atoms with Crippen molar-refractivity contribution in [3.05, 3.63) is 179 Å². The molecule has 18 nitrogen and oxygen atoms in total. The van der Waals surface area contributed by atoms with E-state index in [0.29, 0.717) is 12.8 Å². The quantitative estimate of drug-likeness (QED) is 0.0341. The Balaban J connectivity index is 0.987. The molecule has 0 amide bonds. The van der Waals surface area contributed by atoms with Gasteiger partial charge < -0.3 is 0 Å². The predicted octanol–water partition coefficient (Wildman–Crippen LogP) is 11.0. The molecule has 494 valence electrons. The number of unbranched alkanes of at least 4 members (excludes halogenated alkanes) is 9. The highest BCUT2D eigenvalue weighted by Crippen LogP contribution is 2.25. The van der Waals surface area contributed by atoms with E-state index in [9.17, 15) is 50.5 Å². The number of benzene rings is 6. The first-order chi connectivity index (χ1) is 42.6. The molecule has 0 aliphatic heterocycles. The molecule has 0 spiro atoms. The first kappa shape index (κ1) is 73.8. The second kappa shape index (κ2) is 34.6. The molecule has 90 heavy (non-hydrogen) atoms. The highest BCUT2D eigenvalue weighted by molar-refractivity contribution is 7.90. The van der Waals surface area contributed by atoms with E-state index in [2.05, 4.69) is 9.44 Å². The van der Waals surface area contributed by atoms with Crippen LogP contribution < -0.4 is 9.44 Å². The molecule has 6 aromatic rings. The Morgan fingerprint density at radius 1 is 0.222 bits per heavy atom. The summed E-state index contributed by atoms with van der Waals surface area (Å²) < 4.78 is 176. The van der Waals surface area contributed by atoms with Crippen molar-refractivity contribution in [2.45, 2.75) is 161 Å². The minimum absolute atomic E-state index is 0.00162. The van der Waals surface area contributed by atoms with Crippen LogP contribution in [0.15, 0.2) is 175 Å². The van der Waals surface area contributed by atoms with Crippen LogP contribution in [0.25, 0.3) is 0 Å². The number of hydrogen-bond donors (Lipinski definition) is 2. The molecule has 0 bridgehead atoms. The molecular formula is C66H92N6O12S6. The van der Waals surface area contributed by atoms with Crippen molar-refractivity contribution in [1.29, 1.82) is 0 Å². The monoisotopic (exact) mass is 1350 g/mol. The van der Waals surface area contributed by atoms with Crippen LogP contribution in [0.1, 0.15) is 123 Å². The summed E-state index contributed by atoms with van der Waals surface area (Å²) in [5.41, 5.74) is 5.41. The van der Waals surface area contributed by atoms with Crippen molar-refractivity contribution in [3.63, 3.8) is 0 Å². The molecule has 0 heterocycles. The minimum Gasteiger partial charge on any atom is -0.211 e. The van der Waals surface area contributed by atoms with Gasteiger partial charge in [-0.15, -0.1) is 0 Å². The van der Waals surface area contributed by atoms with Gasteiger partial charge in [-0.25, -0.2) is 60.0 Å². The van der Waals surface area contributed by atoms with E-state index in [1.807, 2.05) is 41.5 Å². The number of nitrogens with zero attached hydrogens (tertiary/aromatic N) is 4. The molecule has 0 aliphatic rings. The maximum absolute atomic E-state index is 14.2. The second-order valence-corrected chi connectivity index (χ2v) is 34.5. The Bertz CT molecular complexity index is 3640. The van der Waals surface area contributed by atoms with Crippen LogP contribution in [0.4, 0.5) is 0 Å². The molecule has 24 heteroatoms. The van der Waals surface area contributed by atoms with Gasteiger partial charge >= 0.3 is 0 Å². The average Bonchev–Trinajstić information content (AvgIpc) is 0.974. The van der Waals surface area contributed by atoms with Crippen molar-refractivity contribution in [2.24, 2.45) is 0 Å². The molecular weight excluding hydrogens is 1260 g/mol. The maximum atomic E-state index is 14.2. The Kier molecular flexibility index (Phi) is 28.4. The first-order valence-corrected chi connectivity index (χ1v) is 39.8. The summed E-state index contributed by atoms with van der Waals surface area (Å²) in [6, 6.07) is 39.2. The van der Waals surface area contributed by atoms with Crippen LogP contribution in [0.5, 0.6) is 0 Å². The fourth-order valence-corrected chi connectivity index (χ4v) is 18.4. The number of aryl methyl sites for hydroxylation is 6. The topological polar surface area (TPSA) is 242 Å². The van der Waals surface area contributed by atoms with Crippen molar-refractivity contribution in [1.82, 2.24) is 26.7 Å². The van der Waals surface area contributed by atoms with Gasteiger partial charge in [0.2, 0.25) is 60.1 Å². The van der Waals surface area contributed by atoms with Gasteiger partial charge in [0.1, 0.15) is 0 Å². The van der Waals surface area contributed by atoms with Crippen molar-refractivity contribution < 1.29 is 50.5 Å². The van der Waals surface area contributed by atoms with E-state index in [4.69, 9.17) is 0 Å². The third kappa shape index (κ3) is 22.2. The van der Waals surface area contributed by atoms with E-state index in [0.717, 1.165) is 84.7 Å². The molecule has 0 atom stereocenters. The molecule has 0 saturated carbocycles. The lowest BCUT2D eigenvalue weighted by Gasteiger charge is -2.26. The van der Waals surface area contributed by atoms with Gasteiger partial charge in [-0.05, 0) is 153 Å². The van der Waals surface area contributed by atoms with Gasteiger partial charge in [0.25, 0.3) is 0 Å². The minimum atomic E-state index is -4.03. The molecule has 0 aliphatic carbocycles. The molecule has 0 fully saturated rings. The fraction of sp³-hybridized carbons (Fsp3) is 0.455. The van der Waals surface area contributed by atoms with E-state index >= 15 is 0 Å². The zero-order valence-corrected chi connectivity index (χ0v) is 57.9. The maximum Gasteiger partial charge on any atom is 0.243 e. The number of rotatable bonds is 41. The molecule has 0 radical (unpaired) electrons. The van der Waals surface area contributed by atoms with Gasteiger partial charge in [-0.3, -0.25) is 0 Å². The zero-order valence-electron chi connectivity index (χ0n) is 53.0. The zero-order chi connectivity index (χ0) is 65.6. The standard InChI is InChI=1S/C66H92N6O12S6/c1-55-21-33-61(34-22-55)85(73,74)67-45-17-49-71(89(81,82)65-41-29-59(5)30-42-65)53-19-51-69(87(77,78)63-37-25-57(3)26-38-63)47-15-13-11-9-7-8-10-12-14-16-48-70(88(79,80)64-39-27-58(4)28-40-64)52-20-54-72(90(83,84)66-43-31-60(6)32-44-66)50-18-46-68-86(75,76)62-35-23-56(2)24-36-62/h21-44,67-68H,7-20,45-54H2,1-6H3. The van der Waals surface area contributed by atoms with E-state index in [1.165, 1.54) is 65.8 Å². The lowest BCUT2D eigenvalue weighted by atomic mass is 10.1. The highest BCUT2D eigenvalue weighted by atomic mass is 32.2. The Morgan fingerprint density at radius 3 is 0.600 bits per heavy atom. The predicted molar refractivity (Wildman–Crippen MR) is 357 cm³/mol. The van der Waals surface area contributed by atoms with Gasteiger partial charge in [0.15, 0.2) is 0 Å². The Hall–Kier alpha value is -5.22. The van der Waals surface area contributed by atoms with Crippen molar-refractivity contribution >= 4 is 60.1 Å². The van der Waals surface area contributed by atoms with Crippen LogP contribution in [-0.4, -0.2) is 133 Å². The van der Waals surface area contributed by atoms with Crippen LogP contribution in [0, 0.1) is 41.5 Å². The molecule has 6 rings (SSSR count). The molecule has 0 saturated heterocycles. The molecule has 0 aromatic heterocycles. The number of nitrogens with one attached hydrogen (secondary N) is 2. The van der Waals surface area contributed by atoms with E-state index in [-0.39, 0.29) is 121 Å². The third-order valence-electron chi connectivity index (χ3n) is 15.7. The fourth-order valence-electron chi connectivity index (χ4n) is 10.2. The van der Waals surface area contributed by atoms with Gasteiger partial charge in [0, 0.05) is 65.4 Å².